The first kappa shape index (κ1) is 20.7. The molecule has 150 valence electrons. The molecule has 0 radical (unpaired) electrons. The van der Waals surface area contributed by atoms with Crippen LogP contribution in [0, 0.1) is 3.57 Å². The van der Waals surface area contributed by atoms with Crippen LogP contribution in [0.1, 0.15) is 6.92 Å². The third kappa shape index (κ3) is 4.94. The number of H-pyrrole nitrogens is 1. The van der Waals surface area contributed by atoms with E-state index in [1.807, 2.05) is 79.7 Å². The fourth-order valence-electron chi connectivity index (χ4n) is 3.02. The highest BCUT2D eigenvalue weighted by Crippen LogP contribution is 2.33. The third-order valence-electron chi connectivity index (χ3n) is 4.56. The number of anilines is 1. The average molecular weight is 525 g/mol. The highest BCUT2D eigenvalue weighted by molar-refractivity contribution is 14.1. The van der Waals surface area contributed by atoms with Crippen LogP contribution in [-0.4, -0.2) is 21.1 Å². The third-order valence-corrected chi connectivity index (χ3v) is 6.26. The summed E-state index contributed by atoms with van der Waals surface area (Å²) in [5, 5.41) is 3.39. The van der Waals surface area contributed by atoms with Crippen LogP contribution in [0.5, 0.6) is 0 Å². The lowest BCUT2D eigenvalue weighted by molar-refractivity contribution is -0.115. The number of hydrogen-bond donors (Lipinski definition) is 2. The maximum atomic E-state index is 12.7. The highest BCUT2D eigenvalue weighted by atomic mass is 127. The fourth-order valence-corrected chi connectivity index (χ4v) is 4.19. The molecular weight excluding hydrogens is 505 g/mol. The summed E-state index contributed by atoms with van der Waals surface area (Å²) in [5.74, 6) is -0.0554. The second-order valence-corrected chi connectivity index (χ2v) is 9.33. The van der Waals surface area contributed by atoms with Crippen molar-refractivity contribution in [2.75, 3.05) is 5.32 Å². The van der Waals surface area contributed by atoms with E-state index in [1.54, 1.807) is 0 Å². The summed E-state index contributed by atoms with van der Waals surface area (Å²) in [7, 11) is 0. The first-order valence-electron chi connectivity index (χ1n) is 9.54. The molecule has 1 heterocycles. The van der Waals surface area contributed by atoms with Gasteiger partial charge in [-0.1, -0.05) is 72.4 Å². The van der Waals surface area contributed by atoms with Gasteiger partial charge in [0, 0.05) is 20.4 Å². The van der Waals surface area contributed by atoms with Gasteiger partial charge in [0.15, 0.2) is 5.16 Å². The summed E-state index contributed by atoms with van der Waals surface area (Å²) >= 11 is 3.66. The van der Waals surface area contributed by atoms with Crippen LogP contribution in [0.4, 0.5) is 5.69 Å². The molecule has 1 amide bonds. The molecule has 0 spiro atoms. The molecular formula is C24H20IN3OS. The zero-order chi connectivity index (χ0) is 20.9. The first-order valence-corrected chi connectivity index (χ1v) is 11.5. The minimum atomic E-state index is -0.303. The first-order chi connectivity index (χ1) is 14.6. The number of benzene rings is 3. The SMILES string of the molecule is CC(Sc1nc(-c2ccccc2)c(-c2ccccc2)[nH]1)C(=O)Nc1ccc(I)cc1. The smallest absolute Gasteiger partial charge is 0.237 e. The van der Waals surface area contributed by atoms with Gasteiger partial charge in [-0.25, -0.2) is 4.98 Å². The van der Waals surface area contributed by atoms with Crippen molar-refractivity contribution in [2.45, 2.75) is 17.3 Å². The van der Waals surface area contributed by atoms with Gasteiger partial charge in [-0.15, -0.1) is 0 Å². The lowest BCUT2D eigenvalue weighted by atomic mass is 10.1. The zero-order valence-electron chi connectivity index (χ0n) is 16.3. The maximum Gasteiger partial charge on any atom is 0.237 e. The molecule has 0 aliphatic carbocycles. The number of imidazole rings is 1. The fraction of sp³-hybridized carbons (Fsp3) is 0.0833. The van der Waals surface area contributed by atoms with Crippen LogP contribution in [0.2, 0.25) is 0 Å². The van der Waals surface area contributed by atoms with E-state index in [0.717, 1.165) is 36.9 Å². The topological polar surface area (TPSA) is 57.8 Å². The van der Waals surface area contributed by atoms with Crippen molar-refractivity contribution in [1.29, 1.82) is 0 Å². The summed E-state index contributed by atoms with van der Waals surface area (Å²) in [6, 6.07) is 28.0. The molecule has 0 aliphatic rings. The minimum absolute atomic E-state index is 0.0554. The van der Waals surface area contributed by atoms with Gasteiger partial charge in [-0.05, 0) is 53.8 Å². The molecule has 1 unspecified atom stereocenters. The van der Waals surface area contributed by atoms with E-state index in [9.17, 15) is 4.79 Å². The molecule has 0 aliphatic heterocycles. The molecule has 4 rings (SSSR count). The second-order valence-electron chi connectivity index (χ2n) is 6.75. The van der Waals surface area contributed by atoms with Crippen molar-refractivity contribution >= 4 is 45.9 Å². The number of rotatable bonds is 6. The van der Waals surface area contributed by atoms with Crippen LogP contribution in [0.15, 0.2) is 90.1 Å². The maximum absolute atomic E-state index is 12.7. The Morgan fingerprint density at radius 2 is 1.53 bits per heavy atom. The van der Waals surface area contributed by atoms with E-state index in [-0.39, 0.29) is 11.2 Å². The normalized spacial score (nSPS) is 11.8. The Bertz CT molecular complexity index is 1070. The second kappa shape index (κ2) is 9.49. The lowest BCUT2D eigenvalue weighted by Gasteiger charge is -2.10. The van der Waals surface area contributed by atoms with Crippen molar-refractivity contribution in [2.24, 2.45) is 0 Å². The number of hydrogen-bond acceptors (Lipinski definition) is 3. The van der Waals surface area contributed by atoms with E-state index in [2.05, 4.69) is 45.0 Å². The summed E-state index contributed by atoms with van der Waals surface area (Å²) in [5.41, 5.74) is 4.73. The van der Waals surface area contributed by atoms with Crippen molar-refractivity contribution in [3.05, 3.63) is 88.5 Å². The van der Waals surface area contributed by atoms with Gasteiger partial charge in [0.2, 0.25) is 5.91 Å². The van der Waals surface area contributed by atoms with E-state index in [4.69, 9.17) is 4.98 Å². The molecule has 0 bridgehead atoms. The van der Waals surface area contributed by atoms with Crippen molar-refractivity contribution < 1.29 is 4.79 Å². The van der Waals surface area contributed by atoms with Gasteiger partial charge in [0.05, 0.1) is 16.6 Å². The molecule has 0 saturated carbocycles. The predicted molar refractivity (Wildman–Crippen MR) is 133 cm³/mol. The van der Waals surface area contributed by atoms with Gasteiger partial charge >= 0.3 is 0 Å². The number of aromatic nitrogens is 2. The monoisotopic (exact) mass is 525 g/mol. The van der Waals surface area contributed by atoms with Crippen LogP contribution >= 0.6 is 34.4 Å². The van der Waals surface area contributed by atoms with Crippen LogP contribution in [0.3, 0.4) is 0 Å². The van der Waals surface area contributed by atoms with Gasteiger partial charge in [0.25, 0.3) is 0 Å². The van der Waals surface area contributed by atoms with Gasteiger partial charge in [-0.3, -0.25) is 4.79 Å². The number of carbonyl (C=O) groups is 1. The quantitative estimate of drug-likeness (QED) is 0.224. The molecule has 2 N–H and O–H groups in total. The van der Waals surface area contributed by atoms with Gasteiger partial charge in [0.1, 0.15) is 0 Å². The van der Waals surface area contributed by atoms with E-state index in [1.165, 1.54) is 11.8 Å². The van der Waals surface area contributed by atoms with Gasteiger partial charge in [-0.2, -0.15) is 0 Å². The largest absolute Gasteiger partial charge is 0.332 e. The zero-order valence-corrected chi connectivity index (χ0v) is 19.3. The van der Waals surface area contributed by atoms with E-state index in [0.29, 0.717) is 0 Å². The number of nitrogens with one attached hydrogen (secondary N) is 2. The molecule has 1 aromatic heterocycles. The summed E-state index contributed by atoms with van der Waals surface area (Å²) in [6.45, 7) is 1.89. The standard InChI is InChI=1S/C24H20IN3OS/c1-16(23(29)26-20-14-12-19(25)13-15-20)30-24-27-21(17-8-4-2-5-9-17)22(28-24)18-10-6-3-7-11-18/h2-16H,1H3,(H,26,29)(H,27,28). The molecule has 6 heteroatoms. The number of thioether (sulfide) groups is 1. The Morgan fingerprint density at radius 3 is 2.17 bits per heavy atom. The molecule has 1 atom stereocenters. The predicted octanol–water partition coefficient (Wildman–Crippen LogP) is 6.47. The van der Waals surface area contributed by atoms with Gasteiger partial charge < -0.3 is 10.3 Å². The van der Waals surface area contributed by atoms with Crippen molar-refractivity contribution in [1.82, 2.24) is 9.97 Å². The van der Waals surface area contributed by atoms with Crippen LogP contribution in [-0.2, 0) is 4.79 Å². The Hall–Kier alpha value is -2.58. The number of aromatic amines is 1. The molecule has 3 aromatic carbocycles. The Labute approximate surface area is 193 Å². The average Bonchev–Trinajstić information content (AvgIpc) is 3.20. The van der Waals surface area contributed by atoms with E-state index < -0.39 is 0 Å². The Kier molecular flexibility index (Phi) is 6.54. The minimum Gasteiger partial charge on any atom is -0.332 e. The van der Waals surface area contributed by atoms with Crippen molar-refractivity contribution in [3.8, 4) is 22.5 Å². The lowest BCUT2D eigenvalue weighted by Crippen LogP contribution is -2.22. The number of halogens is 1. The molecule has 4 nitrogen and oxygen atoms in total. The number of nitrogens with zero attached hydrogens (tertiary/aromatic N) is 1. The number of amides is 1. The highest BCUT2D eigenvalue weighted by Gasteiger charge is 2.20. The summed E-state index contributed by atoms with van der Waals surface area (Å²) < 4.78 is 1.13. The Morgan fingerprint density at radius 1 is 0.933 bits per heavy atom. The van der Waals surface area contributed by atoms with Crippen molar-refractivity contribution in [3.63, 3.8) is 0 Å². The number of carbonyl (C=O) groups excluding carboxylic acids is 1. The molecule has 30 heavy (non-hydrogen) atoms. The van der Waals surface area contributed by atoms with Crippen LogP contribution in [0.25, 0.3) is 22.5 Å². The van der Waals surface area contributed by atoms with Crippen LogP contribution < -0.4 is 5.32 Å². The summed E-state index contributed by atoms with van der Waals surface area (Å²) in [6.07, 6.45) is 0. The summed E-state index contributed by atoms with van der Waals surface area (Å²) in [4.78, 5) is 20.9. The Balaban J connectivity index is 1.57. The van der Waals surface area contributed by atoms with E-state index >= 15 is 0 Å². The molecule has 4 aromatic rings. The molecule has 0 fully saturated rings. The molecule has 0 saturated heterocycles.